The van der Waals surface area contributed by atoms with Crippen LogP contribution < -0.4 is 20.7 Å². The number of ether oxygens (including phenoxy) is 1. The molecule has 4 heteroatoms. The molecule has 1 heterocycles. The van der Waals surface area contributed by atoms with E-state index in [9.17, 15) is 0 Å². The molecule has 0 unspecified atom stereocenters. The van der Waals surface area contributed by atoms with Gasteiger partial charge < -0.3 is 20.7 Å². The Bertz CT molecular complexity index is 386. The second-order valence-electron chi connectivity index (χ2n) is 4.31. The zero-order valence-corrected chi connectivity index (χ0v) is 10.6. The minimum Gasteiger partial charge on any atom is -0.495 e. The van der Waals surface area contributed by atoms with Crippen LogP contribution in [0.15, 0.2) is 12.1 Å². The summed E-state index contributed by atoms with van der Waals surface area (Å²) in [5.74, 6) is 0.774. The molecule has 1 aliphatic rings. The second kappa shape index (κ2) is 5.27. The Balaban J connectivity index is 2.35. The van der Waals surface area contributed by atoms with Crippen LogP contribution in [0.1, 0.15) is 12.5 Å². The Kier molecular flexibility index (Phi) is 3.74. The molecule has 1 aliphatic heterocycles. The fraction of sp³-hybridized carbons (Fsp3) is 0.538. The Morgan fingerprint density at radius 3 is 2.65 bits per heavy atom. The molecular weight excluding hydrogens is 214 g/mol. The number of anilines is 2. The first kappa shape index (κ1) is 12.0. The van der Waals surface area contributed by atoms with Gasteiger partial charge in [-0.1, -0.05) is 6.92 Å². The topological polar surface area (TPSA) is 50.5 Å². The van der Waals surface area contributed by atoms with Gasteiger partial charge in [-0.3, -0.25) is 0 Å². The van der Waals surface area contributed by atoms with Crippen molar-refractivity contribution in [1.82, 2.24) is 5.32 Å². The molecule has 4 nitrogen and oxygen atoms in total. The van der Waals surface area contributed by atoms with Crippen LogP contribution in [0.4, 0.5) is 11.4 Å². The highest BCUT2D eigenvalue weighted by atomic mass is 16.5. The van der Waals surface area contributed by atoms with Gasteiger partial charge in [0, 0.05) is 37.9 Å². The lowest BCUT2D eigenvalue weighted by molar-refractivity contribution is 0.416. The van der Waals surface area contributed by atoms with Gasteiger partial charge in [-0.05, 0) is 18.1 Å². The molecule has 1 fully saturated rings. The van der Waals surface area contributed by atoms with Crippen LogP contribution in [0.5, 0.6) is 5.75 Å². The number of rotatable bonds is 3. The van der Waals surface area contributed by atoms with Gasteiger partial charge in [-0.2, -0.15) is 0 Å². The molecule has 94 valence electrons. The van der Waals surface area contributed by atoms with Crippen molar-refractivity contribution in [3.05, 3.63) is 17.7 Å². The van der Waals surface area contributed by atoms with Crippen LogP contribution >= 0.6 is 0 Å². The fourth-order valence-electron chi connectivity index (χ4n) is 2.29. The molecule has 0 radical (unpaired) electrons. The minimum absolute atomic E-state index is 0.725. The molecular formula is C13H21N3O. The number of nitrogens with zero attached hydrogens (tertiary/aromatic N) is 1. The third kappa shape index (κ3) is 2.47. The van der Waals surface area contributed by atoms with Gasteiger partial charge in [-0.15, -0.1) is 0 Å². The summed E-state index contributed by atoms with van der Waals surface area (Å²) in [5.41, 5.74) is 9.24. The van der Waals surface area contributed by atoms with E-state index in [1.807, 2.05) is 6.07 Å². The zero-order chi connectivity index (χ0) is 12.3. The van der Waals surface area contributed by atoms with Gasteiger partial charge in [0.1, 0.15) is 5.75 Å². The minimum atomic E-state index is 0.725. The van der Waals surface area contributed by atoms with E-state index >= 15 is 0 Å². The molecule has 1 saturated heterocycles. The second-order valence-corrected chi connectivity index (χ2v) is 4.31. The highest BCUT2D eigenvalue weighted by Crippen LogP contribution is 2.32. The molecule has 3 N–H and O–H groups in total. The maximum Gasteiger partial charge on any atom is 0.143 e. The molecule has 1 aromatic carbocycles. The van der Waals surface area contributed by atoms with Crippen molar-refractivity contribution in [1.29, 1.82) is 0 Å². The van der Waals surface area contributed by atoms with Crippen LogP contribution in [0, 0.1) is 0 Å². The monoisotopic (exact) mass is 235 g/mol. The molecule has 0 saturated carbocycles. The average molecular weight is 235 g/mol. The summed E-state index contributed by atoms with van der Waals surface area (Å²) in [5, 5.41) is 3.36. The summed E-state index contributed by atoms with van der Waals surface area (Å²) in [4.78, 5) is 2.40. The van der Waals surface area contributed by atoms with E-state index in [2.05, 4.69) is 23.2 Å². The molecule has 0 amide bonds. The maximum absolute atomic E-state index is 5.95. The smallest absolute Gasteiger partial charge is 0.143 e. The van der Waals surface area contributed by atoms with Gasteiger partial charge in [0.25, 0.3) is 0 Å². The van der Waals surface area contributed by atoms with E-state index in [0.29, 0.717) is 0 Å². The van der Waals surface area contributed by atoms with Gasteiger partial charge in [-0.25, -0.2) is 0 Å². The van der Waals surface area contributed by atoms with Crippen molar-refractivity contribution in [2.75, 3.05) is 43.9 Å². The van der Waals surface area contributed by atoms with E-state index in [0.717, 1.165) is 44.0 Å². The zero-order valence-electron chi connectivity index (χ0n) is 10.6. The largest absolute Gasteiger partial charge is 0.495 e. The highest BCUT2D eigenvalue weighted by Gasteiger charge is 2.15. The van der Waals surface area contributed by atoms with Crippen LogP contribution in [0.2, 0.25) is 0 Å². The van der Waals surface area contributed by atoms with Gasteiger partial charge in [0.2, 0.25) is 0 Å². The molecule has 0 bridgehead atoms. The molecule has 0 spiro atoms. The molecule has 1 aromatic rings. The van der Waals surface area contributed by atoms with E-state index in [1.54, 1.807) is 7.11 Å². The summed E-state index contributed by atoms with van der Waals surface area (Å²) in [7, 11) is 1.67. The number of benzene rings is 1. The van der Waals surface area contributed by atoms with Gasteiger partial charge >= 0.3 is 0 Å². The number of hydrogen-bond acceptors (Lipinski definition) is 4. The van der Waals surface area contributed by atoms with Crippen molar-refractivity contribution in [3.8, 4) is 5.75 Å². The summed E-state index contributed by atoms with van der Waals surface area (Å²) in [6.07, 6.45) is 0.994. The van der Waals surface area contributed by atoms with E-state index in [1.165, 1.54) is 11.3 Å². The quantitative estimate of drug-likeness (QED) is 0.774. The predicted molar refractivity (Wildman–Crippen MR) is 71.9 cm³/mol. The lowest BCUT2D eigenvalue weighted by Crippen LogP contribution is -2.43. The number of aryl methyl sites for hydroxylation is 1. The first-order chi connectivity index (χ1) is 8.26. The highest BCUT2D eigenvalue weighted by molar-refractivity contribution is 5.67. The van der Waals surface area contributed by atoms with Crippen LogP contribution in [-0.2, 0) is 6.42 Å². The first-order valence-corrected chi connectivity index (χ1v) is 6.18. The molecule has 17 heavy (non-hydrogen) atoms. The number of methoxy groups -OCH3 is 1. The number of hydrogen-bond donors (Lipinski definition) is 2. The van der Waals surface area contributed by atoms with Gasteiger partial charge in [0.05, 0.1) is 12.8 Å². The number of nitrogen functional groups attached to an aromatic ring is 1. The Morgan fingerprint density at radius 2 is 2.06 bits per heavy atom. The normalized spacial score (nSPS) is 16.0. The number of nitrogens with one attached hydrogen (secondary N) is 1. The number of nitrogens with two attached hydrogens (primary N) is 1. The van der Waals surface area contributed by atoms with Crippen molar-refractivity contribution in [3.63, 3.8) is 0 Å². The Labute approximate surface area is 103 Å². The Hall–Kier alpha value is -1.42. The standard InChI is InChI=1S/C13H21N3O/c1-3-10-8-11(14)13(17-2)9-12(10)16-6-4-15-5-7-16/h8-9,15H,3-7,14H2,1-2H3. The third-order valence-corrected chi connectivity index (χ3v) is 3.27. The van der Waals surface area contributed by atoms with Crippen molar-refractivity contribution >= 4 is 11.4 Å². The maximum atomic E-state index is 5.95. The van der Waals surface area contributed by atoms with Gasteiger partial charge in [0.15, 0.2) is 0 Å². The SMILES string of the molecule is CCc1cc(N)c(OC)cc1N1CCNCC1. The lowest BCUT2D eigenvalue weighted by atomic mass is 10.1. The van der Waals surface area contributed by atoms with Crippen molar-refractivity contribution in [2.45, 2.75) is 13.3 Å². The average Bonchev–Trinajstić information content (AvgIpc) is 2.39. The van der Waals surface area contributed by atoms with E-state index in [4.69, 9.17) is 10.5 Å². The van der Waals surface area contributed by atoms with E-state index in [-0.39, 0.29) is 0 Å². The number of piperazine rings is 1. The Morgan fingerprint density at radius 1 is 1.35 bits per heavy atom. The van der Waals surface area contributed by atoms with Crippen LogP contribution in [0.25, 0.3) is 0 Å². The summed E-state index contributed by atoms with van der Waals surface area (Å²) in [6, 6.07) is 4.11. The molecule has 0 atom stereocenters. The van der Waals surface area contributed by atoms with Crippen LogP contribution in [-0.4, -0.2) is 33.3 Å². The van der Waals surface area contributed by atoms with Crippen molar-refractivity contribution < 1.29 is 4.74 Å². The first-order valence-electron chi connectivity index (χ1n) is 6.18. The van der Waals surface area contributed by atoms with Crippen molar-refractivity contribution in [2.24, 2.45) is 0 Å². The summed E-state index contributed by atoms with van der Waals surface area (Å²) >= 11 is 0. The summed E-state index contributed by atoms with van der Waals surface area (Å²) < 4.78 is 5.31. The van der Waals surface area contributed by atoms with E-state index < -0.39 is 0 Å². The third-order valence-electron chi connectivity index (χ3n) is 3.27. The molecule has 0 aliphatic carbocycles. The predicted octanol–water partition coefficient (Wildman–Crippen LogP) is 1.25. The fourth-order valence-corrected chi connectivity index (χ4v) is 2.29. The summed E-state index contributed by atoms with van der Waals surface area (Å²) in [6.45, 7) is 6.32. The lowest BCUT2D eigenvalue weighted by Gasteiger charge is -2.31. The molecule has 0 aromatic heterocycles. The molecule has 2 rings (SSSR count). The van der Waals surface area contributed by atoms with Crippen LogP contribution in [0.3, 0.4) is 0 Å².